The molecule has 3 aromatic rings. The zero-order valence-electron chi connectivity index (χ0n) is 23.7. The van der Waals surface area contributed by atoms with Gasteiger partial charge in [-0.15, -0.1) is 11.3 Å². The summed E-state index contributed by atoms with van der Waals surface area (Å²) >= 11 is 1.39. The number of aromatic nitrogens is 3. The van der Waals surface area contributed by atoms with Gasteiger partial charge in [0, 0.05) is 35.6 Å². The van der Waals surface area contributed by atoms with Crippen molar-refractivity contribution in [1.82, 2.24) is 19.7 Å². The minimum absolute atomic E-state index is 0.00729. The Kier molecular flexibility index (Phi) is 9.49. The van der Waals surface area contributed by atoms with E-state index in [1.807, 2.05) is 0 Å². The van der Waals surface area contributed by atoms with Crippen LogP contribution in [0.2, 0.25) is 0 Å². The van der Waals surface area contributed by atoms with Crippen LogP contribution in [0.15, 0.2) is 29.6 Å². The first-order valence-corrected chi connectivity index (χ1v) is 16.2. The van der Waals surface area contributed by atoms with Crippen LogP contribution in [0.4, 0.5) is 26.3 Å². The van der Waals surface area contributed by atoms with Gasteiger partial charge >= 0.3 is 22.5 Å². The van der Waals surface area contributed by atoms with Crippen molar-refractivity contribution in [3.05, 3.63) is 62.9 Å². The van der Waals surface area contributed by atoms with Crippen LogP contribution in [0.1, 0.15) is 64.7 Å². The van der Waals surface area contributed by atoms with Crippen LogP contribution < -0.4 is 4.18 Å². The number of piperidine rings is 1. The molecule has 0 saturated carbocycles. The SMILES string of the molecule is Cc1cc(C(F)(F)F)nn1CC(=O)N1CCC(c2nc(C3OCc4cccc(OS(=O)(=O)CCC(F)(F)F)c4CO3)cs2)CC1. The zero-order chi connectivity index (χ0) is 32.6. The first kappa shape index (κ1) is 33.2. The van der Waals surface area contributed by atoms with Gasteiger partial charge in [0.15, 0.2) is 5.69 Å². The van der Waals surface area contributed by atoms with E-state index in [0.717, 1.165) is 15.8 Å². The Labute approximate surface area is 258 Å². The molecule has 2 aromatic heterocycles. The first-order valence-electron chi connectivity index (χ1n) is 13.8. The molecule has 10 nitrogen and oxygen atoms in total. The van der Waals surface area contributed by atoms with E-state index in [0.29, 0.717) is 42.8 Å². The average Bonchev–Trinajstić information content (AvgIpc) is 3.53. The van der Waals surface area contributed by atoms with Gasteiger partial charge < -0.3 is 18.6 Å². The molecule has 246 valence electrons. The molecule has 2 aliphatic heterocycles. The van der Waals surface area contributed by atoms with Crippen LogP contribution in [-0.4, -0.2) is 59.0 Å². The second-order valence-corrected chi connectivity index (χ2v) is 13.2. The standard InChI is InChI=1S/C27H28F6N4O6S2/c1-16-11-22(27(31,32)33)35-37(16)12-23(38)36-8-5-17(6-9-36)24-34-20(15-44-24)25-41-13-18-3-2-4-21(19(18)14-42-25)43-45(39,40)10-7-26(28,29)30/h2-4,11,15,17,25H,5-10,12-14H2,1H3. The van der Waals surface area contributed by atoms with Gasteiger partial charge in [-0.1, -0.05) is 12.1 Å². The third kappa shape index (κ3) is 8.33. The Morgan fingerprint density at radius 1 is 1.11 bits per heavy atom. The number of aryl methyl sites for hydroxylation is 1. The van der Waals surface area contributed by atoms with Crippen LogP contribution in [0, 0.1) is 6.92 Å². The maximum absolute atomic E-state index is 13.0. The number of benzene rings is 1. The highest BCUT2D eigenvalue weighted by molar-refractivity contribution is 7.87. The molecule has 45 heavy (non-hydrogen) atoms. The van der Waals surface area contributed by atoms with E-state index in [1.165, 1.54) is 30.4 Å². The number of thiazole rings is 1. The Hall–Kier alpha value is -3.22. The third-order valence-electron chi connectivity index (χ3n) is 7.39. The summed E-state index contributed by atoms with van der Waals surface area (Å²) in [5.41, 5.74) is 0.562. The van der Waals surface area contributed by atoms with Gasteiger partial charge in [-0.25, -0.2) is 4.98 Å². The van der Waals surface area contributed by atoms with Gasteiger partial charge in [0.1, 0.15) is 18.0 Å². The number of hydrogen-bond acceptors (Lipinski definition) is 9. The molecule has 0 spiro atoms. The lowest BCUT2D eigenvalue weighted by Crippen LogP contribution is -2.40. The van der Waals surface area contributed by atoms with Crippen molar-refractivity contribution in [3.8, 4) is 5.75 Å². The lowest BCUT2D eigenvalue weighted by Gasteiger charge is -2.31. The Morgan fingerprint density at radius 2 is 1.82 bits per heavy atom. The molecule has 0 aliphatic carbocycles. The molecule has 1 amide bonds. The molecule has 0 N–H and O–H groups in total. The molecule has 1 aromatic carbocycles. The van der Waals surface area contributed by atoms with Crippen molar-refractivity contribution in [3.63, 3.8) is 0 Å². The molecule has 1 fully saturated rings. The van der Waals surface area contributed by atoms with Crippen molar-refractivity contribution >= 4 is 27.4 Å². The maximum atomic E-state index is 13.0. The predicted octanol–water partition coefficient (Wildman–Crippen LogP) is 5.48. The number of alkyl halides is 6. The molecular formula is C27H28F6N4O6S2. The summed E-state index contributed by atoms with van der Waals surface area (Å²) in [7, 11) is -4.52. The number of halogens is 6. The van der Waals surface area contributed by atoms with Crippen molar-refractivity contribution in [1.29, 1.82) is 0 Å². The number of hydrogen-bond donors (Lipinski definition) is 0. The maximum Gasteiger partial charge on any atom is 0.435 e. The van der Waals surface area contributed by atoms with Crippen LogP contribution >= 0.6 is 11.3 Å². The van der Waals surface area contributed by atoms with Crippen LogP contribution in [0.3, 0.4) is 0 Å². The monoisotopic (exact) mass is 682 g/mol. The third-order valence-corrected chi connectivity index (χ3v) is 9.55. The lowest BCUT2D eigenvalue weighted by molar-refractivity contribution is -0.155. The fourth-order valence-electron chi connectivity index (χ4n) is 4.96. The fourth-order valence-corrected chi connectivity index (χ4v) is 6.95. The number of amides is 1. The molecule has 1 saturated heterocycles. The summed E-state index contributed by atoms with van der Waals surface area (Å²) in [6, 6.07) is 5.41. The molecule has 0 radical (unpaired) electrons. The summed E-state index contributed by atoms with van der Waals surface area (Å²) in [6.45, 7) is 1.82. The summed E-state index contributed by atoms with van der Waals surface area (Å²) in [5, 5.41) is 6.09. The lowest BCUT2D eigenvalue weighted by atomic mass is 9.97. The highest BCUT2D eigenvalue weighted by atomic mass is 32.2. The molecule has 1 unspecified atom stereocenters. The van der Waals surface area contributed by atoms with Crippen LogP contribution in [0.5, 0.6) is 5.75 Å². The normalized spacial score (nSPS) is 18.5. The van der Waals surface area contributed by atoms with Crippen LogP contribution in [-0.2, 0) is 50.3 Å². The smallest absolute Gasteiger partial charge is 0.382 e. The number of nitrogens with zero attached hydrogens (tertiary/aromatic N) is 4. The predicted molar refractivity (Wildman–Crippen MR) is 146 cm³/mol. The number of likely N-dealkylation sites (tertiary alicyclic amines) is 1. The highest BCUT2D eigenvalue weighted by Crippen LogP contribution is 2.36. The number of ether oxygens (including phenoxy) is 2. The Bertz CT molecular complexity index is 1630. The molecule has 18 heteroatoms. The summed E-state index contributed by atoms with van der Waals surface area (Å²) in [4.78, 5) is 19.1. The van der Waals surface area contributed by atoms with E-state index in [1.54, 1.807) is 16.3 Å². The van der Waals surface area contributed by atoms with Crippen molar-refractivity contribution in [2.45, 2.75) is 70.5 Å². The van der Waals surface area contributed by atoms with E-state index in [4.69, 9.17) is 13.7 Å². The zero-order valence-corrected chi connectivity index (χ0v) is 25.4. The topological polar surface area (TPSA) is 113 Å². The fraction of sp³-hybridized carbons (Fsp3) is 0.519. The molecular weight excluding hydrogens is 654 g/mol. The number of carbonyl (C=O) groups is 1. The van der Waals surface area contributed by atoms with Gasteiger partial charge in [-0.3, -0.25) is 9.48 Å². The highest BCUT2D eigenvalue weighted by Gasteiger charge is 2.35. The minimum Gasteiger partial charge on any atom is -0.382 e. The summed E-state index contributed by atoms with van der Waals surface area (Å²) in [5.74, 6) is -1.66. The van der Waals surface area contributed by atoms with Gasteiger partial charge in [0.25, 0.3) is 0 Å². The van der Waals surface area contributed by atoms with E-state index >= 15 is 0 Å². The van der Waals surface area contributed by atoms with Crippen molar-refractivity contribution in [2.75, 3.05) is 18.8 Å². The van der Waals surface area contributed by atoms with Crippen molar-refractivity contribution in [2.24, 2.45) is 0 Å². The Morgan fingerprint density at radius 3 is 2.49 bits per heavy atom. The number of carbonyl (C=O) groups excluding carboxylic acids is 1. The molecule has 2 aliphatic rings. The summed E-state index contributed by atoms with van der Waals surface area (Å²) in [6.07, 6.45) is -10.5. The second kappa shape index (κ2) is 12.9. The van der Waals surface area contributed by atoms with Gasteiger partial charge in [0.05, 0.1) is 30.4 Å². The van der Waals surface area contributed by atoms with Gasteiger partial charge in [0.2, 0.25) is 12.2 Å². The number of fused-ring (bicyclic) bond motifs is 1. The molecule has 4 heterocycles. The molecule has 1 atom stereocenters. The minimum atomic E-state index is -4.65. The number of rotatable bonds is 8. The Balaban J connectivity index is 1.16. The van der Waals surface area contributed by atoms with E-state index < -0.39 is 46.6 Å². The van der Waals surface area contributed by atoms with E-state index in [-0.39, 0.29) is 43.0 Å². The van der Waals surface area contributed by atoms with Crippen molar-refractivity contribution < 1.29 is 53.2 Å². The second-order valence-electron chi connectivity index (χ2n) is 10.7. The van der Waals surface area contributed by atoms with Gasteiger partial charge in [-0.2, -0.15) is 39.9 Å². The largest absolute Gasteiger partial charge is 0.435 e. The average molecular weight is 683 g/mol. The first-order chi connectivity index (χ1) is 21.1. The van der Waals surface area contributed by atoms with Gasteiger partial charge in [-0.05, 0) is 37.5 Å². The van der Waals surface area contributed by atoms with E-state index in [2.05, 4.69) is 10.1 Å². The summed E-state index contributed by atoms with van der Waals surface area (Å²) < 4.78 is 119. The molecule has 0 bridgehead atoms. The quantitative estimate of drug-likeness (QED) is 0.227. The van der Waals surface area contributed by atoms with Crippen LogP contribution in [0.25, 0.3) is 0 Å². The molecule has 5 rings (SSSR count). The van der Waals surface area contributed by atoms with E-state index in [9.17, 15) is 39.6 Å².